The molecule has 1 aromatic rings. The van der Waals surface area contributed by atoms with Gasteiger partial charge in [0.05, 0.1) is 5.56 Å². The van der Waals surface area contributed by atoms with Crippen molar-refractivity contribution < 1.29 is 18.0 Å². The number of rotatable bonds is 2. The van der Waals surface area contributed by atoms with Crippen LogP contribution in [0.1, 0.15) is 52.7 Å². The zero-order valence-corrected chi connectivity index (χ0v) is 17.1. The quantitative estimate of drug-likeness (QED) is 0.528. The van der Waals surface area contributed by atoms with Gasteiger partial charge in [0.25, 0.3) is 0 Å². The molecule has 0 unspecified atom stereocenters. The van der Waals surface area contributed by atoms with E-state index in [0.717, 1.165) is 28.9 Å². The van der Waals surface area contributed by atoms with Crippen molar-refractivity contribution >= 4 is 12.0 Å². The smallest absolute Gasteiger partial charge is 0.289 e. The lowest BCUT2D eigenvalue weighted by Gasteiger charge is -2.31. The Balaban J connectivity index is 2.34. The van der Waals surface area contributed by atoms with Crippen LogP contribution in [0.5, 0.6) is 0 Å². The summed E-state index contributed by atoms with van der Waals surface area (Å²) in [6, 6.07) is 4.82. The lowest BCUT2D eigenvalue weighted by molar-refractivity contribution is -0.137. The molecule has 0 bridgehead atoms. The maximum atomic E-state index is 12.9. The molecule has 28 heavy (non-hydrogen) atoms. The first-order valence-corrected chi connectivity index (χ1v) is 9.09. The van der Waals surface area contributed by atoms with Crippen LogP contribution in [0, 0.1) is 10.8 Å². The molecule has 0 spiro atoms. The highest BCUT2D eigenvalue weighted by atomic mass is 19.4. The maximum absolute atomic E-state index is 12.9. The fourth-order valence-electron chi connectivity index (χ4n) is 2.81. The minimum atomic E-state index is -4.35. The minimum absolute atomic E-state index is 0.0452. The summed E-state index contributed by atoms with van der Waals surface area (Å²) in [7, 11) is 0. The lowest BCUT2D eigenvalue weighted by atomic mass is 9.72. The second kappa shape index (κ2) is 7.53. The highest BCUT2D eigenvalue weighted by Crippen LogP contribution is 2.38. The number of hydrogen-bond acceptors (Lipinski definition) is 2. The molecule has 0 fully saturated rings. The fourth-order valence-corrected chi connectivity index (χ4v) is 2.81. The number of hydrogen-bond donors (Lipinski definition) is 0. The number of aliphatic imine (C=N–C) groups is 1. The minimum Gasteiger partial charge on any atom is -0.289 e. The molecule has 0 saturated heterocycles. The summed E-state index contributed by atoms with van der Waals surface area (Å²) in [5.41, 5.74) is 1.49. The first-order chi connectivity index (χ1) is 12.7. The number of nitrogens with zero attached hydrogens (tertiary/aromatic N) is 1. The van der Waals surface area contributed by atoms with Gasteiger partial charge in [0, 0.05) is 23.6 Å². The van der Waals surface area contributed by atoms with Crippen LogP contribution in [0.3, 0.4) is 0 Å². The van der Waals surface area contributed by atoms with Crippen LogP contribution in [-0.2, 0) is 11.0 Å². The first kappa shape index (κ1) is 21.9. The van der Waals surface area contributed by atoms with Crippen molar-refractivity contribution in [2.75, 3.05) is 0 Å². The molecular formula is C23H26F3NO. The summed E-state index contributed by atoms with van der Waals surface area (Å²) in [4.78, 5) is 17.1. The number of ketones is 1. The molecule has 2 rings (SSSR count). The Hall–Kier alpha value is -2.43. The molecule has 150 valence electrons. The molecule has 0 aromatic heterocycles. The average Bonchev–Trinajstić information content (AvgIpc) is 2.53. The average molecular weight is 389 g/mol. The number of benzene rings is 1. The molecule has 5 heteroatoms. The molecule has 0 radical (unpaired) electrons. The number of carbonyl (C=O) groups is 1. The molecule has 2 nitrogen and oxygen atoms in total. The van der Waals surface area contributed by atoms with Crippen molar-refractivity contribution in [1.82, 2.24) is 0 Å². The molecule has 0 heterocycles. The predicted octanol–water partition coefficient (Wildman–Crippen LogP) is 6.54. The summed E-state index contributed by atoms with van der Waals surface area (Å²) < 4.78 is 37.9. The largest absolute Gasteiger partial charge is 0.416 e. The second-order valence-electron chi connectivity index (χ2n) is 8.97. The molecule has 0 saturated carbocycles. The summed E-state index contributed by atoms with van der Waals surface area (Å²) in [5, 5.41) is 0. The van der Waals surface area contributed by atoms with Gasteiger partial charge in [-0.25, -0.2) is 0 Å². The van der Waals surface area contributed by atoms with Crippen LogP contribution in [0.4, 0.5) is 13.2 Å². The second-order valence-corrected chi connectivity index (χ2v) is 8.97. The number of allylic oxidation sites excluding steroid dienone is 5. The van der Waals surface area contributed by atoms with Gasteiger partial charge in [-0.05, 0) is 46.3 Å². The summed E-state index contributed by atoms with van der Waals surface area (Å²) in [6.07, 6.45) is 2.44. The fraction of sp³-hybridized carbons (Fsp3) is 0.391. The third-order valence-electron chi connectivity index (χ3n) is 4.41. The highest BCUT2D eigenvalue weighted by Gasteiger charge is 2.34. The van der Waals surface area contributed by atoms with Crippen LogP contribution in [0.15, 0.2) is 64.3 Å². The van der Waals surface area contributed by atoms with E-state index in [0.29, 0.717) is 5.56 Å². The third-order valence-corrected chi connectivity index (χ3v) is 4.41. The van der Waals surface area contributed by atoms with Gasteiger partial charge in [-0.1, -0.05) is 53.7 Å². The van der Waals surface area contributed by atoms with Gasteiger partial charge < -0.3 is 0 Å². The van der Waals surface area contributed by atoms with E-state index in [-0.39, 0.29) is 16.6 Å². The predicted molar refractivity (Wildman–Crippen MR) is 107 cm³/mol. The van der Waals surface area contributed by atoms with Crippen molar-refractivity contribution in [2.24, 2.45) is 15.8 Å². The molecule has 1 aromatic carbocycles. The molecule has 1 aliphatic carbocycles. The van der Waals surface area contributed by atoms with E-state index in [1.165, 1.54) is 18.3 Å². The Morgan fingerprint density at radius 2 is 1.29 bits per heavy atom. The molecule has 0 amide bonds. The van der Waals surface area contributed by atoms with E-state index < -0.39 is 11.7 Å². The third kappa shape index (κ3) is 5.31. The molecular weight excluding hydrogens is 363 g/mol. The molecule has 0 aliphatic heterocycles. The van der Waals surface area contributed by atoms with Crippen molar-refractivity contribution in [2.45, 2.75) is 47.7 Å². The van der Waals surface area contributed by atoms with E-state index in [9.17, 15) is 18.0 Å². The maximum Gasteiger partial charge on any atom is 0.416 e. The number of alkyl halides is 3. The Labute approximate surface area is 164 Å². The monoisotopic (exact) mass is 389 g/mol. The first-order valence-electron chi connectivity index (χ1n) is 9.09. The molecule has 1 aliphatic rings. The summed E-state index contributed by atoms with van der Waals surface area (Å²) >= 11 is 0. The van der Waals surface area contributed by atoms with Gasteiger partial charge in [0.2, 0.25) is 0 Å². The van der Waals surface area contributed by atoms with Crippen LogP contribution >= 0.6 is 0 Å². The number of halogens is 3. The Morgan fingerprint density at radius 1 is 0.821 bits per heavy atom. The molecule has 0 atom stereocenters. The van der Waals surface area contributed by atoms with Crippen molar-refractivity contribution in [3.63, 3.8) is 0 Å². The van der Waals surface area contributed by atoms with Crippen molar-refractivity contribution in [3.05, 3.63) is 70.5 Å². The van der Waals surface area contributed by atoms with Crippen LogP contribution in [0.25, 0.3) is 0 Å². The SMILES string of the molecule is CC(C)(C)C1=CC(=CN=Cc2ccc(C(F)(F)F)cc2)C=C(C(C)(C)C)C1=O. The van der Waals surface area contributed by atoms with E-state index in [4.69, 9.17) is 0 Å². The van der Waals surface area contributed by atoms with E-state index in [1.807, 2.05) is 53.7 Å². The lowest BCUT2D eigenvalue weighted by Crippen LogP contribution is -2.27. The van der Waals surface area contributed by atoms with Gasteiger partial charge in [-0.15, -0.1) is 0 Å². The van der Waals surface area contributed by atoms with E-state index in [1.54, 1.807) is 6.20 Å². The van der Waals surface area contributed by atoms with Gasteiger partial charge in [-0.3, -0.25) is 9.79 Å². The van der Waals surface area contributed by atoms with Crippen molar-refractivity contribution in [3.8, 4) is 0 Å². The van der Waals surface area contributed by atoms with E-state index >= 15 is 0 Å². The van der Waals surface area contributed by atoms with Crippen LogP contribution < -0.4 is 0 Å². The summed E-state index contributed by atoms with van der Waals surface area (Å²) in [5.74, 6) is 0.0452. The molecule has 0 N–H and O–H groups in total. The zero-order chi connectivity index (χ0) is 21.3. The zero-order valence-electron chi connectivity index (χ0n) is 17.1. The van der Waals surface area contributed by atoms with Crippen LogP contribution in [0.2, 0.25) is 0 Å². The van der Waals surface area contributed by atoms with Crippen molar-refractivity contribution in [1.29, 1.82) is 0 Å². The highest BCUT2D eigenvalue weighted by molar-refractivity contribution is 6.11. The van der Waals surface area contributed by atoms with Gasteiger partial charge in [0.15, 0.2) is 5.78 Å². The Morgan fingerprint density at radius 3 is 1.68 bits per heavy atom. The summed E-state index contributed by atoms with van der Waals surface area (Å²) in [6.45, 7) is 11.9. The van der Waals surface area contributed by atoms with Crippen LogP contribution in [-0.4, -0.2) is 12.0 Å². The number of carbonyl (C=O) groups excluding carboxylic acids is 1. The van der Waals surface area contributed by atoms with Gasteiger partial charge in [-0.2, -0.15) is 13.2 Å². The normalized spacial score (nSPS) is 16.3. The standard InChI is InChI=1S/C23H26F3NO/c1-21(2,3)18-11-16(12-19(20(18)28)22(4,5)6)14-27-13-15-7-9-17(10-8-15)23(24,25)26/h7-14H,1-6H3. The Kier molecular flexibility index (Phi) is 5.88. The van der Waals surface area contributed by atoms with E-state index in [2.05, 4.69) is 4.99 Å². The Bertz CT molecular complexity index is 832. The topological polar surface area (TPSA) is 29.4 Å². The number of Topliss-reactive ketones (excluding diaryl/α,β-unsaturated/α-hetero) is 1. The van der Waals surface area contributed by atoms with Gasteiger partial charge in [0.1, 0.15) is 0 Å². The van der Waals surface area contributed by atoms with Gasteiger partial charge >= 0.3 is 6.18 Å².